The van der Waals surface area contributed by atoms with Crippen molar-refractivity contribution in [3.05, 3.63) is 38.7 Å². The van der Waals surface area contributed by atoms with Gasteiger partial charge in [-0.15, -0.1) is 0 Å². The maximum Gasteiger partial charge on any atom is 0.332 e. The summed E-state index contributed by atoms with van der Waals surface area (Å²) in [5.41, 5.74) is -0.239. The Kier molecular flexibility index (Phi) is 4.74. The van der Waals surface area contributed by atoms with Gasteiger partial charge in [0, 0.05) is 26.3 Å². The molecule has 0 bridgehead atoms. The van der Waals surface area contributed by atoms with Crippen molar-refractivity contribution in [2.45, 2.75) is 45.1 Å². The van der Waals surface area contributed by atoms with E-state index in [1.165, 1.54) is 30.3 Å². The van der Waals surface area contributed by atoms with Crippen LogP contribution in [0, 0.1) is 5.92 Å². The Bertz CT molecular complexity index is 928. The number of carbonyl (C=O) groups excluding carboxylic acids is 1. The summed E-state index contributed by atoms with van der Waals surface area (Å²) in [4.78, 5) is 41.1. The molecule has 0 aliphatic heterocycles. The van der Waals surface area contributed by atoms with Gasteiger partial charge < -0.3 is 5.32 Å². The molecule has 0 saturated heterocycles. The van der Waals surface area contributed by atoms with Gasteiger partial charge >= 0.3 is 5.69 Å². The number of rotatable bonds is 3. The van der Waals surface area contributed by atoms with Crippen molar-refractivity contribution in [1.82, 2.24) is 19.4 Å². The monoisotopic (exact) mass is 344 g/mol. The van der Waals surface area contributed by atoms with E-state index in [-0.39, 0.29) is 23.0 Å². The number of pyridine rings is 1. The molecule has 25 heavy (non-hydrogen) atoms. The molecule has 1 amide bonds. The fourth-order valence-electron chi connectivity index (χ4n) is 3.73. The maximum atomic E-state index is 12.6. The number of hydrogen-bond acceptors (Lipinski definition) is 4. The van der Waals surface area contributed by atoms with E-state index in [0.29, 0.717) is 11.5 Å². The molecule has 2 aromatic heterocycles. The molecule has 1 aliphatic rings. The van der Waals surface area contributed by atoms with Crippen molar-refractivity contribution >= 4 is 16.9 Å². The molecule has 2 heterocycles. The molecule has 1 saturated carbocycles. The second-order valence-electron chi connectivity index (χ2n) is 6.83. The summed E-state index contributed by atoms with van der Waals surface area (Å²) in [6.07, 6.45) is 6.94. The average Bonchev–Trinajstić information content (AvgIpc) is 2.64. The molecule has 2 aromatic rings. The minimum Gasteiger partial charge on any atom is -0.349 e. The number of hydrogen-bond donors (Lipinski definition) is 1. The third-order valence-corrected chi connectivity index (χ3v) is 5.31. The third-order valence-electron chi connectivity index (χ3n) is 5.31. The second-order valence-corrected chi connectivity index (χ2v) is 6.83. The molecule has 0 aromatic carbocycles. The molecule has 1 N–H and O–H groups in total. The number of carbonyl (C=O) groups is 1. The lowest BCUT2D eigenvalue weighted by molar-refractivity contribution is 0.0904. The average molecular weight is 344 g/mol. The Hall–Kier alpha value is -2.44. The molecule has 7 nitrogen and oxygen atoms in total. The van der Waals surface area contributed by atoms with Crippen LogP contribution in [0.1, 0.15) is 49.4 Å². The lowest BCUT2D eigenvalue weighted by Gasteiger charge is -2.31. The zero-order valence-corrected chi connectivity index (χ0v) is 14.9. The molecule has 0 spiro atoms. The molecule has 2 atom stereocenters. The van der Waals surface area contributed by atoms with Crippen molar-refractivity contribution < 1.29 is 4.79 Å². The summed E-state index contributed by atoms with van der Waals surface area (Å²) < 4.78 is 2.34. The Labute approximate surface area is 145 Å². The van der Waals surface area contributed by atoms with E-state index in [4.69, 9.17) is 0 Å². The van der Waals surface area contributed by atoms with Crippen molar-refractivity contribution in [2.75, 3.05) is 0 Å². The summed E-state index contributed by atoms with van der Waals surface area (Å²) in [5, 5.41) is 3.38. The second kappa shape index (κ2) is 6.82. The highest BCUT2D eigenvalue weighted by atomic mass is 16.2. The predicted molar refractivity (Wildman–Crippen MR) is 95.7 cm³/mol. The Morgan fingerprint density at radius 2 is 1.96 bits per heavy atom. The fourth-order valence-corrected chi connectivity index (χ4v) is 3.73. The minimum atomic E-state index is -0.440. The molecule has 1 aliphatic carbocycles. The molecule has 7 heteroatoms. The van der Waals surface area contributed by atoms with Gasteiger partial charge in [0.2, 0.25) is 0 Å². The first-order chi connectivity index (χ1) is 11.9. The van der Waals surface area contributed by atoms with Gasteiger partial charge in [-0.25, -0.2) is 9.78 Å². The van der Waals surface area contributed by atoms with E-state index in [2.05, 4.69) is 17.2 Å². The summed E-state index contributed by atoms with van der Waals surface area (Å²) >= 11 is 0. The Balaban J connectivity index is 1.95. The lowest BCUT2D eigenvalue weighted by Crippen LogP contribution is -2.42. The van der Waals surface area contributed by atoms with E-state index in [9.17, 15) is 14.4 Å². The van der Waals surface area contributed by atoms with Gasteiger partial charge in [0.25, 0.3) is 11.5 Å². The largest absolute Gasteiger partial charge is 0.349 e. The summed E-state index contributed by atoms with van der Waals surface area (Å²) in [7, 11) is 2.98. The third kappa shape index (κ3) is 3.10. The first-order valence-electron chi connectivity index (χ1n) is 8.80. The van der Waals surface area contributed by atoms with Gasteiger partial charge in [0.1, 0.15) is 5.65 Å². The van der Waals surface area contributed by atoms with Crippen molar-refractivity contribution in [2.24, 2.45) is 20.0 Å². The van der Waals surface area contributed by atoms with Crippen molar-refractivity contribution in [1.29, 1.82) is 0 Å². The normalized spacial score (nSPS) is 20.6. The van der Waals surface area contributed by atoms with Crippen LogP contribution in [0.15, 0.2) is 21.9 Å². The molecule has 3 rings (SSSR count). The van der Waals surface area contributed by atoms with Gasteiger partial charge in [0.15, 0.2) is 0 Å². The lowest BCUT2D eigenvalue weighted by atomic mass is 9.83. The Morgan fingerprint density at radius 1 is 1.24 bits per heavy atom. The standard InChI is InChI=1S/C18H24N4O3/c1-4-11-7-5-6-8-14(11)20-16(23)12-9-13-15(19-10-12)21(2)18(25)22(3)17(13)24/h9-11,14H,4-8H2,1-3H3,(H,20,23)/t11-,14+/m0/s1. The van der Waals surface area contributed by atoms with E-state index in [1.54, 1.807) is 7.05 Å². The van der Waals surface area contributed by atoms with Crippen LogP contribution in [0.4, 0.5) is 0 Å². The summed E-state index contributed by atoms with van der Waals surface area (Å²) in [6.45, 7) is 2.15. The van der Waals surface area contributed by atoms with Crippen LogP contribution in [-0.4, -0.2) is 26.1 Å². The molecule has 134 valence electrons. The first-order valence-corrected chi connectivity index (χ1v) is 8.80. The number of nitrogens with zero attached hydrogens (tertiary/aromatic N) is 3. The molecular weight excluding hydrogens is 320 g/mol. The SMILES string of the molecule is CC[C@H]1CCCC[C@H]1NC(=O)c1cnc2c(c1)c(=O)n(C)c(=O)n2C. The Morgan fingerprint density at radius 3 is 2.68 bits per heavy atom. The van der Waals surface area contributed by atoms with Gasteiger partial charge in [-0.1, -0.05) is 26.2 Å². The molecule has 0 unspecified atom stereocenters. The number of amides is 1. The van der Waals surface area contributed by atoms with E-state index < -0.39 is 11.2 Å². The van der Waals surface area contributed by atoms with E-state index >= 15 is 0 Å². The van der Waals surface area contributed by atoms with Gasteiger partial charge in [-0.3, -0.25) is 18.7 Å². The highest BCUT2D eigenvalue weighted by molar-refractivity contribution is 5.96. The van der Waals surface area contributed by atoms with Crippen molar-refractivity contribution in [3.63, 3.8) is 0 Å². The number of fused-ring (bicyclic) bond motifs is 1. The maximum absolute atomic E-state index is 12.6. The smallest absolute Gasteiger partial charge is 0.332 e. The van der Waals surface area contributed by atoms with Gasteiger partial charge in [0.05, 0.1) is 10.9 Å². The highest BCUT2D eigenvalue weighted by Crippen LogP contribution is 2.27. The molecule has 0 radical (unpaired) electrons. The van der Waals surface area contributed by atoms with Crippen LogP contribution in [0.3, 0.4) is 0 Å². The van der Waals surface area contributed by atoms with Crippen LogP contribution < -0.4 is 16.6 Å². The zero-order chi connectivity index (χ0) is 18.1. The number of aryl methyl sites for hydroxylation is 1. The van der Waals surface area contributed by atoms with Crippen LogP contribution in [0.2, 0.25) is 0 Å². The predicted octanol–water partition coefficient (Wildman–Crippen LogP) is 1.33. The summed E-state index contributed by atoms with van der Waals surface area (Å²) in [6, 6.07) is 1.70. The van der Waals surface area contributed by atoms with E-state index in [1.807, 2.05) is 0 Å². The zero-order valence-electron chi connectivity index (χ0n) is 14.9. The molecular formula is C18H24N4O3. The topological polar surface area (TPSA) is 86.0 Å². The first kappa shape index (κ1) is 17.4. The van der Waals surface area contributed by atoms with Gasteiger partial charge in [-0.2, -0.15) is 0 Å². The van der Waals surface area contributed by atoms with Crippen molar-refractivity contribution in [3.8, 4) is 0 Å². The van der Waals surface area contributed by atoms with Gasteiger partial charge in [-0.05, 0) is 24.8 Å². The van der Waals surface area contributed by atoms with E-state index in [0.717, 1.165) is 30.3 Å². The van der Waals surface area contributed by atoms with Crippen LogP contribution in [0.25, 0.3) is 11.0 Å². The molecule has 1 fully saturated rings. The van der Waals surface area contributed by atoms with Crippen LogP contribution in [0.5, 0.6) is 0 Å². The minimum absolute atomic E-state index is 0.171. The highest BCUT2D eigenvalue weighted by Gasteiger charge is 2.25. The van der Waals surface area contributed by atoms with Crippen LogP contribution >= 0.6 is 0 Å². The fraction of sp³-hybridized carbons (Fsp3) is 0.556. The quantitative estimate of drug-likeness (QED) is 0.910. The number of aromatic nitrogens is 3. The summed E-state index contributed by atoms with van der Waals surface area (Å²) in [5.74, 6) is 0.287. The number of nitrogens with one attached hydrogen (secondary N) is 1. The van der Waals surface area contributed by atoms with Crippen LogP contribution in [-0.2, 0) is 14.1 Å².